The second kappa shape index (κ2) is 7.76. The van der Waals surface area contributed by atoms with Crippen LogP contribution < -0.4 is 5.32 Å². The van der Waals surface area contributed by atoms with Crippen molar-refractivity contribution >= 4 is 11.6 Å². The topological polar surface area (TPSA) is 56.1 Å². The van der Waals surface area contributed by atoms with Crippen LogP contribution in [0.1, 0.15) is 40.7 Å². The van der Waals surface area contributed by atoms with Crippen LogP contribution >= 0.6 is 0 Å². The van der Waals surface area contributed by atoms with Crippen LogP contribution in [0.25, 0.3) is 0 Å². The molecule has 1 aliphatic heterocycles. The Balaban J connectivity index is 1.74. The largest absolute Gasteiger partial charge is 0.322 e. The predicted molar refractivity (Wildman–Crippen MR) is 94.7 cm³/mol. The summed E-state index contributed by atoms with van der Waals surface area (Å²) in [5.74, 6) is -0.182. The molecular formula is C20H21N3O. The normalized spacial score (nSPS) is 14.8. The molecule has 0 aromatic heterocycles. The molecule has 0 radical (unpaired) electrons. The molecule has 4 nitrogen and oxygen atoms in total. The van der Waals surface area contributed by atoms with Gasteiger partial charge in [0.25, 0.3) is 5.91 Å². The third kappa shape index (κ3) is 4.01. The fraction of sp³-hybridized carbons (Fsp3) is 0.300. The van der Waals surface area contributed by atoms with Gasteiger partial charge in [-0.2, -0.15) is 5.26 Å². The number of nitrogens with zero attached hydrogens (tertiary/aromatic N) is 2. The molecule has 0 unspecified atom stereocenters. The van der Waals surface area contributed by atoms with Crippen LogP contribution in [-0.2, 0) is 6.54 Å². The molecular weight excluding hydrogens is 298 g/mol. The van der Waals surface area contributed by atoms with Gasteiger partial charge in [0.1, 0.15) is 0 Å². The third-order valence-corrected chi connectivity index (χ3v) is 4.36. The van der Waals surface area contributed by atoms with Crippen molar-refractivity contribution in [1.82, 2.24) is 4.90 Å². The number of anilines is 1. The molecule has 0 atom stereocenters. The average Bonchev–Trinajstić information content (AvgIpc) is 2.64. The Bertz CT molecular complexity index is 757. The molecule has 4 heteroatoms. The Morgan fingerprint density at radius 1 is 1.08 bits per heavy atom. The molecule has 122 valence electrons. The highest BCUT2D eigenvalue weighted by molar-refractivity contribution is 6.04. The van der Waals surface area contributed by atoms with E-state index in [9.17, 15) is 4.79 Å². The maximum atomic E-state index is 12.5. The Kier molecular flexibility index (Phi) is 5.25. The minimum Gasteiger partial charge on any atom is -0.322 e. The molecule has 1 aliphatic rings. The van der Waals surface area contributed by atoms with E-state index in [1.54, 1.807) is 24.3 Å². The van der Waals surface area contributed by atoms with Crippen LogP contribution in [0.4, 0.5) is 5.69 Å². The number of piperidine rings is 1. The summed E-state index contributed by atoms with van der Waals surface area (Å²) in [6, 6.07) is 16.8. The van der Waals surface area contributed by atoms with Gasteiger partial charge in [-0.15, -0.1) is 0 Å². The van der Waals surface area contributed by atoms with Crippen molar-refractivity contribution in [3.63, 3.8) is 0 Å². The van der Waals surface area contributed by atoms with Crippen molar-refractivity contribution < 1.29 is 4.79 Å². The second-order valence-electron chi connectivity index (χ2n) is 6.14. The second-order valence-corrected chi connectivity index (χ2v) is 6.14. The van der Waals surface area contributed by atoms with Gasteiger partial charge in [-0.25, -0.2) is 0 Å². The van der Waals surface area contributed by atoms with Gasteiger partial charge in [0.2, 0.25) is 0 Å². The van der Waals surface area contributed by atoms with Crippen LogP contribution in [0.2, 0.25) is 0 Å². The summed E-state index contributed by atoms with van der Waals surface area (Å²) < 4.78 is 0. The van der Waals surface area contributed by atoms with Crippen LogP contribution in [-0.4, -0.2) is 23.9 Å². The van der Waals surface area contributed by atoms with Crippen molar-refractivity contribution in [2.75, 3.05) is 18.4 Å². The van der Waals surface area contributed by atoms with Crippen molar-refractivity contribution in [1.29, 1.82) is 5.26 Å². The first-order valence-electron chi connectivity index (χ1n) is 8.38. The lowest BCUT2D eigenvalue weighted by Crippen LogP contribution is -2.29. The number of carbonyl (C=O) groups is 1. The van der Waals surface area contributed by atoms with E-state index in [0.717, 1.165) is 30.9 Å². The Labute approximate surface area is 142 Å². The summed E-state index contributed by atoms with van der Waals surface area (Å²) in [6.07, 6.45) is 3.80. The highest BCUT2D eigenvalue weighted by Crippen LogP contribution is 2.20. The Morgan fingerprint density at radius 2 is 1.88 bits per heavy atom. The van der Waals surface area contributed by atoms with E-state index in [0.29, 0.717) is 11.1 Å². The summed E-state index contributed by atoms with van der Waals surface area (Å²) in [5.41, 5.74) is 2.96. The van der Waals surface area contributed by atoms with Crippen molar-refractivity contribution in [2.45, 2.75) is 25.8 Å². The minimum atomic E-state index is -0.182. The van der Waals surface area contributed by atoms with Crippen LogP contribution in [0, 0.1) is 11.3 Å². The molecule has 1 amide bonds. The molecule has 0 saturated carbocycles. The lowest BCUT2D eigenvalue weighted by molar-refractivity contribution is 0.102. The number of nitrogens with one attached hydrogen (secondary N) is 1. The first kappa shape index (κ1) is 16.2. The van der Waals surface area contributed by atoms with E-state index in [-0.39, 0.29) is 5.91 Å². The zero-order chi connectivity index (χ0) is 16.8. The monoisotopic (exact) mass is 319 g/mol. The Hall–Kier alpha value is -2.64. The molecule has 1 saturated heterocycles. The molecule has 24 heavy (non-hydrogen) atoms. The predicted octanol–water partition coefficient (Wildman–Crippen LogP) is 3.80. The fourth-order valence-corrected chi connectivity index (χ4v) is 3.06. The zero-order valence-electron chi connectivity index (χ0n) is 13.7. The lowest BCUT2D eigenvalue weighted by Gasteiger charge is -2.27. The van der Waals surface area contributed by atoms with E-state index in [2.05, 4.69) is 22.4 Å². The maximum Gasteiger partial charge on any atom is 0.255 e. The van der Waals surface area contributed by atoms with Gasteiger partial charge in [0, 0.05) is 17.8 Å². The highest BCUT2D eigenvalue weighted by atomic mass is 16.1. The van der Waals surface area contributed by atoms with Gasteiger partial charge < -0.3 is 5.32 Å². The van der Waals surface area contributed by atoms with E-state index in [4.69, 9.17) is 5.26 Å². The first-order chi connectivity index (χ1) is 11.8. The van der Waals surface area contributed by atoms with E-state index >= 15 is 0 Å². The standard InChI is InChI=1S/C20H21N3O/c21-14-16-7-6-9-17(13-16)20(24)22-19-10-3-2-8-18(19)15-23-11-4-1-5-12-23/h2-3,6-10,13H,1,4-5,11-12,15H2,(H,22,24). The smallest absolute Gasteiger partial charge is 0.255 e. The van der Waals surface area contributed by atoms with Crippen LogP contribution in [0.15, 0.2) is 48.5 Å². The number of likely N-dealkylation sites (tertiary alicyclic amines) is 1. The summed E-state index contributed by atoms with van der Waals surface area (Å²) in [4.78, 5) is 14.9. The van der Waals surface area contributed by atoms with Gasteiger partial charge >= 0.3 is 0 Å². The highest BCUT2D eigenvalue weighted by Gasteiger charge is 2.14. The molecule has 0 bridgehead atoms. The minimum absolute atomic E-state index is 0.182. The van der Waals surface area contributed by atoms with Crippen molar-refractivity contribution in [2.24, 2.45) is 0 Å². The lowest BCUT2D eigenvalue weighted by atomic mass is 10.1. The van der Waals surface area contributed by atoms with Gasteiger partial charge in [-0.3, -0.25) is 9.69 Å². The molecule has 1 heterocycles. The summed E-state index contributed by atoms with van der Waals surface area (Å²) in [7, 11) is 0. The maximum absolute atomic E-state index is 12.5. The van der Waals surface area contributed by atoms with Crippen molar-refractivity contribution in [3.8, 4) is 6.07 Å². The molecule has 3 rings (SSSR count). The number of amides is 1. The average molecular weight is 319 g/mol. The number of para-hydroxylation sites is 1. The van der Waals surface area contributed by atoms with E-state index < -0.39 is 0 Å². The Morgan fingerprint density at radius 3 is 2.67 bits per heavy atom. The summed E-state index contributed by atoms with van der Waals surface area (Å²) in [6.45, 7) is 3.09. The summed E-state index contributed by atoms with van der Waals surface area (Å²) in [5, 5.41) is 12.0. The molecule has 1 N–H and O–H groups in total. The van der Waals surface area contributed by atoms with Gasteiger partial charge in [0.15, 0.2) is 0 Å². The third-order valence-electron chi connectivity index (χ3n) is 4.36. The molecule has 0 spiro atoms. The van der Waals surface area contributed by atoms with Crippen LogP contribution in [0.5, 0.6) is 0 Å². The van der Waals surface area contributed by atoms with E-state index in [1.807, 2.05) is 18.2 Å². The SMILES string of the molecule is N#Cc1cccc(C(=O)Nc2ccccc2CN2CCCCC2)c1. The first-order valence-corrected chi connectivity index (χ1v) is 8.38. The zero-order valence-corrected chi connectivity index (χ0v) is 13.7. The summed E-state index contributed by atoms with van der Waals surface area (Å²) >= 11 is 0. The fourth-order valence-electron chi connectivity index (χ4n) is 3.06. The molecule has 0 aliphatic carbocycles. The quantitative estimate of drug-likeness (QED) is 0.932. The van der Waals surface area contributed by atoms with Crippen molar-refractivity contribution in [3.05, 3.63) is 65.2 Å². The van der Waals surface area contributed by atoms with E-state index in [1.165, 1.54) is 19.3 Å². The number of hydrogen-bond donors (Lipinski definition) is 1. The van der Waals surface area contributed by atoms with Gasteiger partial charge in [-0.1, -0.05) is 30.7 Å². The van der Waals surface area contributed by atoms with Crippen LogP contribution in [0.3, 0.4) is 0 Å². The van der Waals surface area contributed by atoms with Gasteiger partial charge in [-0.05, 0) is 55.8 Å². The van der Waals surface area contributed by atoms with Gasteiger partial charge in [0.05, 0.1) is 11.6 Å². The number of nitriles is 1. The molecule has 1 fully saturated rings. The number of rotatable bonds is 4. The number of hydrogen-bond acceptors (Lipinski definition) is 3. The number of benzene rings is 2. The molecule has 2 aromatic rings. The molecule has 2 aromatic carbocycles. The number of carbonyl (C=O) groups excluding carboxylic acids is 1.